The van der Waals surface area contributed by atoms with Crippen LogP contribution in [-0.4, -0.2) is 51.8 Å². The summed E-state index contributed by atoms with van der Waals surface area (Å²) >= 11 is 17.7. The van der Waals surface area contributed by atoms with E-state index in [1.54, 1.807) is 48.5 Å². The van der Waals surface area contributed by atoms with E-state index in [9.17, 15) is 19.2 Å². The summed E-state index contributed by atoms with van der Waals surface area (Å²) in [6.07, 6.45) is 4.46. The van der Waals surface area contributed by atoms with Crippen molar-refractivity contribution in [2.45, 2.75) is 64.7 Å². The largest absolute Gasteiger partial charge is 0.274 e. The number of halogens is 5. The molecule has 0 radical (unpaired) electrons. The zero-order chi connectivity index (χ0) is 44.6. The Balaban J connectivity index is 0.000000157. The van der Waals surface area contributed by atoms with E-state index in [-0.39, 0.29) is 36.5 Å². The average molecular weight is 1180 g/mol. The van der Waals surface area contributed by atoms with Crippen LogP contribution in [0.3, 0.4) is 0 Å². The number of rotatable bonds is 9. The number of carbonyl (C=O) groups is 4. The lowest BCUT2D eigenvalue weighted by atomic mass is 9.76. The van der Waals surface area contributed by atoms with E-state index in [1.807, 2.05) is 0 Å². The maximum absolute atomic E-state index is 12.6. The van der Waals surface area contributed by atoms with Gasteiger partial charge in [-0.2, -0.15) is 0 Å². The van der Waals surface area contributed by atoms with Crippen molar-refractivity contribution in [3.8, 4) is 22.3 Å². The zero-order valence-corrected chi connectivity index (χ0v) is 42.6. The molecule has 0 fully saturated rings. The Morgan fingerprint density at radius 3 is 1.19 bits per heavy atom. The summed E-state index contributed by atoms with van der Waals surface area (Å²) in [4.78, 5) is 51.8. The molecule has 6 aromatic rings. The second-order valence-corrected chi connectivity index (χ2v) is 20.8. The molecule has 11 heteroatoms. The van der Waals surface area contributed by atoms with Gasteiger partial charge in [0.05, 0.1) is 22.3 Å². The lowest BCUT2D eigenvalue weighted by Gasteiger charge is -2.28. The maximum Gasteiger partial charge on any atom is 0.261 e. The first-order valence-electron chi connectivity index (χ1n) is 21.0. The van der Waals surface area contributed by atoms with Crippen molar-refractivity contribution in [2.24, 2.45) is 0 Å². The third-order valence-corrected chi connectivity index (χ3v) is 15.1. The van der Waals surface area contributed by atoms with Crippen LogP contribution in [0.15, 0.2) is 139 Å². The first-order valence-corrected chi connectivity index (χ1v) is 25.3. The summed E-state index contributed by atoms with van der Waals surface area (Å²) in [6, 6.07) is 40.2. The van der Waals surface area contributed by atoms with Gasteiger partial charge in [0.1, 0.15) is 0 Å². The zero-order valence-electron chi connectivity index (χ0n) is 34.7. The molecule has 10 rings (SSSR count). The normalized spacial score (nSPS) is 14.7. The van der Waals surface area contributed by atoms with Crippen molar-refractivity contribution < 1.29 is 19.2 Å². The Morgan fingerprint density at radius 1 is 0.469 bits per heavy atom. The van der Waals surface area contributed by atoms with E-state index in [4.69, 9.17) is 0 Å². The topological polar surface area (TPSA) is 74.8 Å². The molecule has 0 atom stereocenters. The van der Waals surface area contributed by atoms with Crippen molar-refractivity contribution >= 4 is 103 Å². The summed E-state index contributed by atoms with van der Waals surface area (Å²) in [6.45, 7) is 5.54. The van der Waals surface area contributed by atoms with E-state index in [0.717, 1.165) is 55.3 Å². The summed E-state index contributed by atoms with van der Waals surface area (Å²) in [5.41, 5.74) is 12.8. The average Bonchev–Trinajstić information content (AvgIpc) is 3.88. The molecule has 64 heavy (non-hydrogen) atoms. The smallest absolute Gasteiger partial charge is 0.261 e. The Kier molecular flexibility index (Phi) is 15.2. The van der Waals surface area contributed by atoms with Crippen LogP contribution in [0.2, 0.25) is 0 Å². The number of hydrogen-bond donors (Lipinski definition) is 0. The number of carbonyl (C=O) groups excluding carboxylic acids is 4. The number of benzene rings is 6. The van der Waals surface area contributed by atoms with E-state index >= 15 is 0 Å². The van der Waals surface area contributed by atoms with E-state index < -0.39 is 0 Å². The van der Waals surface area contributed by atoms with E-state index in [2.05, 4.69) is 166 Å². The monoisotopic (exact) mass is 1170 g/mol. The molecule has 6 nitrogen and oxygen atoms in total. The minimum Gasteiger partial charge on any atom is -0.274 e. The van der Waals surface area contributed by atoms with Gasteiger partial charge in [0.2, 0.25) is 0 Å². The first-order chi connectivity index (χ1) is 30.3. The fraction of sp³-hybridized carbons (Fsp3) is 0.245. The SMILES string of the molecule is C.CC1(CCCCN2C(=O)c3ccccc3C2=O)c2cc(Br)ccc2-c2ccc(Br)cc21.CC1c2cc(Br)ccc2-c2ccc(Br)cc21.O=C1c2ccccc2C(=O)N1CCCCBr. The van der Waals surface area contributed by atoms with Crippen molar-refractivity contribution in [3.05, 3.63) is 184 Å². The van der Waals surface area contributed by atoms with E-state index in [0.29, 0.717) is 41.3 Å². The molecule has 4 amide bonds. The molecule has 4 aliphatic rings. The fourth-order valence-corrected chi connectivity index (χ4v) is 11.1. The molecule has 2 heterocycles. The Bertz CT molecular complexity index is 2630. The van der Waals surface area contributed by atoms with Gasteiger partial charge in [-0.1, -0.05) is 156 Å². The highest BCUT2D eigenvalue weighted by Gasteiger charge is 2.40. The summed E-state index contributed by atoms with van der Waals surface area (Å²) in [5, 5.41) is 0.899. The molecular formula is C53H47Br5N2O4. The standard InChI is InChI=1S/C26H21Br2NO2.C14H10Br2.C12H12BrNO2.CH4/c1-26(12-4-5-13-29-24(30)20-6-2-3-7-21(20)25(29)31)22-14-16(27)8-10-18(22)19-11-9-17(28)15-23(19)26;1-8-13-6-9(15)2-4-11(13)12-5-3-10(16)7-14(8)12;13-7-3-4-8-14-11(15)9-5-1-2-6-10(9)12(14)16;/h2-3,6-11,14-15H,4-5,12-13H2,1H3;2-8H,1H3;1-2,5-6H,3-4,7-8H2;1H4. The number of hydrogen-bond acceptors (Lipinski definition) is 4. The van der Waals surface area contributed by atoms with Gasteiger partial charge in [-0.15, -0.1) is 0 Å². The van der Waals surface area contributed by atoms with Crippen LogP contribution < -0.4 is 0 Å². The molecule has 328 valence electrons. The molecular weight excluding hydrogens is 1130 g/mol. The van der Waals surface area contributed by atoms with E-state index in [1.165, 1.54) is 54.3 Å². The molecule has 2 aliphatic heterocycles. The first kappa shape index (κ1) is 47.9. The second kappa shape index (κ2) is 20.3. The molecule has 0 unspecified atom stereocenters. The van der Waals surface area contributed by atoms with Crippen molar-refractivity contribution in [1.29, 1.82) is 0 Å². The molecule has 0 saturated heterocycles. The van der Waals surface area contributed by atoms with Crippen LogP contribution in [-0.2, 0) is 5.41 Å². The summed E-state index contributed by atoms with van der Waals surface area (Å²) in [5.74, 6) is -0.169. The fourth-order valence-electron chi connectivity index (χ4n) is 9.27. The summed E-state index contributed by atoms with van der Waals surface area (Å²) in [7, 11) is 0. The lowest BCUT2D eigenvalue weighted by molar-refractivity contribution is 0.0636. The maximum atomic E-state index is 12.6. The van der Waals surface area contributed by atoms with Crippen LogP contribution >= 0.6 is 79.6 Å². The van der Waals surface area contributed by atoms with Gasteiger partial charge in [-0.3, -0.25) is 29.0 Å². The van der Waals surface area contributed by atoms with Crippen molar-refractivity contribution in [1.82, 2.24) is 9.80 Å². The Morgan fingerprint density at radius 2 is 0.812 bits per heavy atom. The molecule has 0 bridgehead atoms. The second-order valence-electron chi connectivity index (χ2n) is 16.4. The minimum absolute atomic E-state index is 0. The number of unbranched alkanes of at least 4 members (excludes halogenated alkanes) is 2. The van der Waals surface area contributed by atoms with Gasteiger partial charge in [-0.25, -0.2) is 0 Å². The van der Waals surface area contributed by atoms with Crippen molar-refractivity contribution in [2.75, 3.05) is 18.4 Å². The molecule has 0 aromatic heterocycles. The highest BCUT2D eigenvalue weighted by atomic mass is 79.9. The van der Waals surface area contributed by atoms with Gasteiger partial charge in [0, 0.05) is 47.6 Å². The van der Waals surface area contributed by atoms with Crippen LogP contribution in [0.4, 0.5) is 0 Å². The Hall–Kier alpha value is -4.00. The number of alkyl halides is 1. The molecule has 0 N–H and O–H groups in total. The van der Waals surface area contributed by atoms with Gasteiger partial charge in [0.15, 0.2) is 0 Å². The van der Waals surface area contributed by atoms with Crippen LogP contribution in [0, 0.1) is 0 Å². The van der Waals surface area contributed by atoms with Crippen molar-refractivity contribution in [3.63, 3.8) is 0 Å². The third kappa shape index (κ3) is 9.22. The highest BCUT2D eigenvalue weighted by Crippen LogP contribution is 2.52. The van der Waals surface area contributed by atoms with Crippen LogP contribution in [0.1, 0.15) is 123 Å². The molecule has 6 aromatic carbocycles. The van der Waals surface area contributed by atoms with Crippen LogP contribution in [0.5, 0.6) is 0 Å². The predicted octanol–water partition coefficient (Wildman–Crippen LogP) is 15.4. The molecule has 0 saturated carbocycles. The van der Waals surface area contributed by atoms with Gasteiger partial charge in [-0.05, 0) is 143 Å². The van der Waals surface area contributed by atoms with Gasteiger partial charge in [0.25, 0.3) is 23.6 Å². The van der Waals surface area contributed by atoms with Gasteiger partial charge < -0.3 is 0 Å². The number of amides is 4. The predicted molar refractivity (Wildman–Crippen MR) is 276 cm³/mol. The number of nitrogens with zero attached hydrogens (tertiary/aromatic N) is 2. The molecule has 2 aliphatic carbocycles. The quantitative estimate of drug-likeness (QED) is 0.0821. The van der Waals surface area contributed by atoms with Crippen LogP contribution in [0.25, 0.3) is 22.3 Å². The Labute approximate surface area is 417 Å². The summed E-state index contributed by atoms with van der Waals surface area (Å²) < 4.78 is 4.47. The molecule has 0 spiro atoms. The third-order valence-electron chi connectivity index (χ3n) is 12.5. The minimum atomic E-state index is -0.170. The number of fused-ring (bicyclic) bond motifs is 8. The number of imide groups is 2. The lowest BCUT2D eigenvalue weighted by Crippen LogP contribution is -2.31. The van der Waals surface area contributed by atoms with Gasteiger partial charge >= 0.3 is 0 Å². The highest BCUT2D eigenvalue weighted by molar-refractivity contribution is 9.11.